The highest BCUT2D eigenvalue weighted by Gasteiger charge is 2.16. The minimum atomic E-state index is 0.573. The molecule has 3 heteroatoms. The van der Waals surface area contributed by atoms with Crippen LogP contribution in [0.4, 0.5) is 0 Å². The van der Waals surface area contributed by atoms with Gasteiger partial charge < -0.3 is 5.73 Å². The van der Waals surface area contributed by atoms with Crippen LogP contribution in [-0.2, 0) is 6.54 Å². The molecule has 0 radical (unpaired) electrons. The van der Waals surface area contributed by atoms with E-state index in [-0.39, 0.29) is 0 Å². The molecule has 0 fully saturated rings. The fraction of sp³-hybridized carbons (Fsp3) is 0.0769. The molecule has 0 amide bonds. The molecule has 3 nitrogen and oxygen atoms in total. The number of hydrogen-bond donors (Lipinski definition) is 1. The van der Waals surface area contributed by atoms with Crippen LogP contribution in [0.3, 0.4) is 0 Å². The van der Waals surface area contributed by atoms with Crippen LogP contribution in [0.15, 0.2) is 57.8 Å². The highest BCUT2D eigenvalue weighted by atomic mass is 14.9. The van der Waals surface area contributed by atoms with Crippen LogP contribution in [0.1, 0.15) is 11.1 Å². The first-order valence-corrected chi connectivity index (χ1v) is 5.21. The van der Waals surface area contributed by atoms with E-state index in [1.807, 2.05) is 36.4 Å². The molecule has 2 N–H and O–H groups in total. The third-order valence-electron chi connectivity index (χ3n) is 2.71. The third kappa shape index (κ3) is 1.42. The van der Waals surface area contributed by atoms with Crippen molar-refractivity contribution in [3.05, 3.63) is 58.9 Å². The van der Waals surface area contributed by atoms with Crippen molar-refractivity contribution in [2.75, 3.05) is 0 Å². The summed E-state index contributed by atoms with van der Waals surface area (Å²) in [6.07, 6.45) is 5.71. The predicted octanol–water partition coefficient (Wildman–Crippen LogP) is 1.80. The lowest BCUT2D eigenvalue weighted by molar-refractivity contribution is 1.07. The first-order valence-electron chi connectivity index (χ1n) is 5.21. The van der Waals surface area contributed by atoms with Crippen molar-refractivity contribution in [2.45, 2.75) is 6.54 Å². The zero-order chi connectivity index (χ0) is 11.0. The number of allylic oxidation sites excluding steroid dienone is 2. The van der Waals surface area contributed by atoms with Gasteiger partial charge in [-0.3, -0.25) is 4.99 Å². The molecule has 78 valence electrons. The molecule has 1 aromatic carbocycles. The minimum Gasteiger partial charge on any atom is -0.326 e. The monoisotopic (exact) mass is 209 g/mol. The largest absolute Gasteiger partial charge is 0.326 e. The fourth-order valence-electron chi connectivity index (χ4n) is 1.80. The standard InChI is InChI=1S/C13H11N3/c14-8-9-1-3-10(4-2-9)12-7-13-11(16-12)5-6-15-13/h1-7H,8,14H2. The molecule has 16 heavy (non-hydrogen) atoms. The van der Waals surface area contributed by atoms with E-state index in [9.17, 15) is 0 Å². The van der Waals surface area contributed by atoms with Gasteiger partial charge in [0.15, 0.2) is 0 Å². The van der Waals surface area contributed by atoms with Crippen LogP contribution < -0.4 is 5.73 Å². The SMILES string of the molecule is NCc1ccc(C2=NC3=CC=NC3=C2)cc1. The number of hydrogen-bond acceptors (Lipinski definition) is 3. The zero-order valence-corrected chi connectivity index (χ0v) is 8.72. The maximum atomic E-state index is 5.56. The molecule has 0 bridgehead atoms. The summed E-state index contributed by atoms with van der Waals surface area (Å²) in [6, 6.07) is 8.15. The van der Waals surface area contributed by atoms with Crippen molar-refractivity contribution in [1.29, 1.82) is 0 Å². The highest BCUT2D eigenvalue weighted by molar-refractivity contribution is 6.12. The highest BCUT2D eigenvalue weighted by Crippen LogP contribution is 2.25. The summed E-state index contributed by atoms with van der Waals surface area (Å²) < 4.78 is 0. The molecule has 0 aliphatic carbocycles. The lowest BCUT2D eigenvalue weighted by atomic mass is 10.1. The number of rotatable bonds is 2. The van der Waals surface area contributed by atoms with Gasteiger partial charge in [0.05, 0.1) is 17.1 Å². The first-order chi connectivity index (χ1) is 7.86. The van der Waals surface area contributed by atoms with E-state index in [1.165, 1.54) is 0 Å². The maximum Gasteiger partial charge on any atom is 0.0909 e. The average molecular weight is 209 g/mol. The van der Waals surface area contributed by atoms with E-state index >= 15 is 0 Å². The molecule has 0 saturated carbocycles. The van der Waals surface area contributed by atoms with Crippen LogP contribution in [-0.4, -0.2) is 11.9 Å². The predicted molar refractivity (Wildman–Crippen MR) is 65.5 cm³/mol. The zero-order valence-electron chi connectivity index (χ0n) is 8.72. The molecule has 2 aliphatic heterocycles. The van der Waals surface area contributed by atoms with Crippen LogP contribution in [0, 0.1) is 0 Å². The van der Waals surface area contributed by atoms with E-state index in [1.54, 1.807) is 6.21 Å². The third-order valence-corrected chi connectivity index (χ3v) is 2.71. The van der Waals surface area contributed by atoms with E-state index < -0.39 is 0 Å². The Kier molecular flexibility index (Phi) is 2.04. The van der Waals surface area contributed by atoms with Crippen molar-refractivity contribution < 1.29 is 0 Å². The summed E-state index contributed by atoms with van der Waals surface area (Å²) in [5.74, 6) is 0. The van der Waals surface area contributed by atoms with Crippen LogP contribution in [0.5, 0.6) is 0 Å². The molecule has 0 spiro atoms. The second kappa shape index (κ2) is 3.54. The summed E-state index contributed by atoms with van der Waals surface area (Å²) in [4.78, 5) is 8.72. The Morgan fingerprint density at radius 1 is 1.06 bits per heavy atom. The van der Waals surface area contributed by atoms with Crippen LogP contribution in [0.25, 0.3) is 0 Å². The summed E-state index contributed by atoms with van der Waals surface area (Å²) in [5.41, 5.74) is 10.7. The van der Waals surface area contributed by atoms with E-state index in [4.69, 9.17) is 5.73 Å². The Morgan fingerprint density at radius 2 is 1.88 bits per heavy atom. The summed E-state index contributed by atoms with van der Waals surface area (Å²) in [7, 11) is 0. The average Bonchev–Trinajstić information content (AvgIpc) is 2.89. The molecule has 1 aromatic rings. The summed E-state index contributed by atoms with van der Waals surface area (Å²) in [5, 5.41) is 0. The number of aliphatic imine (C=N–C) groups is 2. The Morgan fingerprint density at radius 3 is 2.56 bits per heavy atom. The van der Waals surface area contributed by atoms with Gasteiger partial charge in [-0.2, -0.15) is 0 Å². The normalized spacial score (nSPS) is 16.9. The fourth-order valence-corrected chi connectivity index (χ4v) is 1.80. The molecule has 3 rings (SSSR count). The van der Waals surface area contributed by atoms with Crippen molar-refractivity contribution >= 4 is 11.9 Å². The van der Waals surface area contributed by atoms with E-state index in [2.05, 4.69) is 9.98 Å². The Balaban J connectivity index is 1.95. The molecular weight excluding hydrogens is 198 g/mol. The Hall–Kier alpha value is -2.00. The van der Waals surface area contributed by atoms with Gasteiger partial charge in [-0.05, 0) is 17.7 Å². The van der Waals surface area contributed by atoms with Gasteiger partial charge in [0.2, 0.25) is 0 Å². The minimum absolute atomic E-state index is 0.573. The second-order valence-corrected chi connectivity index (χ2v) is 3.76. The number of benzene rings is 1. The smallest absolute Gasteiger partial charge is 0.0909 e. The molecule has 0 unspecified atom stereocenters. The number of fused-ring (bicyclic) bond motifs is 1. The summed E-state index contributed by atoms with van der Waals surface area (Å²) in [6.45, 7) is 0.573. The van der Waals surface area contributed by atoms with Gasteiger partial charge in [-0.1, -0.05) is 24.3 Å². The van der Waals surface area contributed by atoms with Crippen molar-refractivity contribution in [1.82, 2.24) is 0 Å². The Labute approximate surface area is 93.7 Å². The summed E-state index contributed by atoms with van der Waals surface area (Å²) >= 11 is 0. The van der Waals surface area contributed by atoms with E-state index in [0.29, 0.717) is 6.54 Å². The van der Waals surface area contributed by atoms with Crippen molar-refractivity contribution in [3.8, 4) is 0 Å². The lowest BCUT2D eigenvalue weighted by Crippen LogP contribution is -1.98. The van der Waals surface area contributed by atoms with Crippen molar-refractivity contribution in [2.24, 2.45) is 15.7 Å². The Bertz CT molecular complexity index is 545. The van der Waals surface area contributed by atoms with Gasteiger partial charge in [0.25, 0.3) is 0 Å². The van der Waals surface area contributed by atoms with E-state index in [0.717, 1.165) is 28.2 Å². The topological polar surface area (TPSA) is 50.7 Å². The van der Waals surface area contributed by atoms with Crippen LogP contribution >= 0.6 is 0 Å². The van der Waals surface area contributed by atoms with Gasteiger partial charge in [-0.25, -0.2) is 4.99 Å². The number of nitrogens with two attached hydrogens (primary N) is 1. The molecule has 2 aliphatic rings. The van der Waals surface area contributed by atoms with Crippen molar-refractivity contribution in [3.63, 3.8) is 0 Å². The molecule has 0 saturated heterocycles. The number of nitrogens with zero attached hydrogens (tertiary/aromatic N) is 2. The quantitative estimate of drug-likeness (QED) is 0.793. The first kappa shape index (κ1) is 9.24. The lowest BCUT2D eigenvalue weighted by Gasteiger charge is -2.00. The molecule has 2 heterocycles. The van der Waals surface area contributed by atoms with Gasteiger partial charge in [0.1, 0.15) is 0 Å². The van der Waals surface area contributed by atoms with Gasteiger partial charge in [0, 0.05) is 18.3 Å². The molecular formula is C13H11N3. The maximum absolute atomic E-state index is 5.56. The second-order valence-electron chi connectivity index (χ2n) is 3.76. The van der Waals surface area contributed by atoms with Gasteiger partial charge >= 0.3 is 0 Å². The van der Waals surface area contributed by atoms with Gasteiger partial charge in [-0.15, -0.1) is 0 Å². The molecule has 0 atom stereocenters. The molecule has 0 aromatic heterocycles. The van der Waals surface area contributed by atoms with Crippen LogP contribution in [0.2, 0.25) is 0 Å².